The average molecular weight is 274 g/mol. The van der Waals surface area contributed by atoms with Crippen LogP contribution in [0, 0.1) is 11.8 Å². The van der Waals surface area contributed by atoms with E-state index >= 15 is 0 Å². The van der Waals surface area contributed by atoms with Crippen molar-refractivity contribution in [1.29, 1.82) is 0 Å². The topological polar surface area (TPSA) is 12.0 Å². The van der Waals surface area contributed by atoms with Crippen molar-refractivity contribution < 1.29 is 0 Å². The van der Waals surface area contributed by atoms with Gasteiger partial charge in [0.25, 0.3) is 0 Å². The Bertz CT molecular complexity index is 306. The standard InChI is InChI=1S/C11H16BrNS/c1-7(8-3-4-8)11(13-2)9-5-6-10(12)14-9/h5-8,11,13H,3-4H2,1-2H3. The van der Waals surface area contributed by atoms with Crippen molar-refractivity contribution in [3.05, 3.63) is 20.8 Å². The molecule has 0 aromatic carbocycles. The fraction of sp³-hybridized carbons (Fsp3) is 0.636. The van der Waals surface area contributed by atoms with E-state index in [4.69, 9.17) is 0 Å². The summed E-state index contributed by atoms with van der Waals surface area (Å²) in [7, 11) is 2.07. The van der Waals surface area contributed by atoms with Gasteiger partial charge in [-0.1, -0.05) is 6.92 Å². The van der Waals surface area contributed by atoms with Gasteiger partial charge in [-0.25, -0.2) is 0 Å². The molecule has 1 aromatic rings. The van der Waals surface area contributed by atoms with Crippen LogP contribution in [0.3, 0.4) is 0 Å². The molecule has 2 rings (SSSR count). The molecule has 1 fully saturated rings. The Hall–Kier alpha value is 0.140. The van der Waals surface area contributed by atoms with E-state index in [1.54, 1.807) is 0 Å². The molecule has 0 spiro atoms. The van der Waals surface area contributed by atoms with Gasteiger partial charge in [0.15, 0.2) is 0 Å². The Morgan fingerprint density at radius 3 is 2.64 bits per heavy atom. The molecule has 3 heteroatoms. The van der Waals surface area contributed by atoms with Crippen LogP contribution in [-0.2, 0) is 0 Å². The maximum Gasteiger partial charge on any atom is 0.0701 e. The fourth-order valence-corrected chi connectivity index (χ4v) is 3.70. The van der Waals surface area contributed by atoms with Crippen LogP contribution >= 0.6 is 27.3 Å². The normalized spacial score (nSPS) is 20.8. The van der Waals surface area contributed by atoms with E-state index in [0.717, 1.165) is 11.8 Å². The number of thiophene rings is 1. The molecule has 1 N–H and O–H groups in total. The molecule has 1 nitrogen and oxygen atoms in total. The molecule has 2 unspecified atom stereocenters. The van der Waals surface area contributed by atoms with Gasteiger partial charge >= 0.3 is 0 Å². The third kappa shape index (κ3) is 2.20. The first-order chi connectivity index (χ1) is 6.72. The van der Waals surface area contributed by atoms with Gasteiger partial charge in [-0.05, 0) is 59.8 Å². The molecule has 0 aliphatic heterocycles. The van der Waals surface area contributed by atoms with Crippen LogP contribution in [0.15, 0.2) is 15.9 Å². The number of hydrogen-bond donors (Lipinski definition) is 1. The van der Waals surface area contributed by atoms with Crippen LogP contribution in [0.4, 0.5) is 0 Å². The molecular weight excluding hydrogens is 258 g/mol. The molecule has 0 amide bonds. The van der Waals surface area contributed by atoms with E-state index in [0.29, 0.717) is 6.04 Å². The highest BCUT2D eigenvalue weighted by Gasteiger charge is 2.33. The second-order valence-corrected chi connectivity index (χ2v) is 6.60. The SMILES string of the molecule is CNC(c1ccc(Br)s1)C(C)C1CC1. The summed E-state index contributed by atoms with van der Waals surface area (Å²) < 4.78 is 1.23. The summed E-state index contributed by atoms with van der Waals surface area (Å²) in [4.78, 5) is 1.46. The molecule has 78 valence electrons. The zero-order valence-electron chi connectivity index (χ0n) is 8.59. The Kier molecular flexibility index (Phi) is 3.30. The van der Waals surface area contributed by atoms with Gasteiger partial charge in [0.2, 0.25) is 0 Å². The van der Waals surface area contributed by atoms with Gasteiger partial charge in [0.1, 0.15) is 0 Å². The summed E-state index contributed by atoms with van der Waals surface area (Å²) in [6, 6.07) is 4.91. The van der Waals surface area contributed by atoms with Gasteiger partial charge in [-0.3, -0.25) is 0 Å². The molecule has 1 saturated carbocycles. The first-order valence-electron chi connectivity index (χ1n) is 5.15. The Morgan fingerprint density at radius 2 is 2.21 bits per heavy atom. The van der Waals surface area contributed by atoms with E-state index < -0.39 is 0 Å². The number of halogens is 1. The fourth-order valence-electron chi connectivity index (χ4n) is 2.05. The van der Waals surface area contributed by atoms with Crippen molar-refractivity contribution in [2.75, 3.05) is 7.05 Å². The van der Waals surface area contributed by atoms with E-state index in [9.17, 15) is 0 Å². The zero-order valence-corrected chi connectivity index (χ0v) is 11.0. The van der Waals surface area contributed by atoms with Crippen LogP contribution in [0.2, 0.25) is 0 Å². The van der Waals surface area contributed by atoms with E-state index in [1.165, 1.54) is 21.5 Å². The second kappa shape index (κ2) is 4.33. The highest BCUT2D eigenvalue weighted by Crippen LogP contribution is 2.44. The smallest absolute Gasteiger partial charge is 0.0701 e. The molecule has 1 heterocycles. The van der Waals surface area contributed by atoms with Crippen LogP contribution < -0.4 is 5.32 Å². The second-order valence-electron chi connectivity index (χ2n) is 4.10. The molecule has 14 heavy (non-hydrogen) atoms. The lowest BCUT2D eigenvalue weighted by molar-refractivity contribution is 0.374. The first kappa shape index (κ1) is 10.7. The lowest BCUT2D eigenvalue weighted by atomic mass is 9.95. The van der Waals surface area contributed by atoms with E-state index in [1.807, 2.05) is 11.3 Å². The summed E-state index contributed by atoms with van der Waals surface area (Å²) in [5.41, 5.74) is 0. The molecule has 0 bridgehead atoms. The van der Waals surface area contributed by atoms with Crippen molar-refractivity contribution in [2.45, 2.75) is 25.8 Å². The van der Waals surface area contributed by atoms with Crippen LogP contribution in [-0.4, -0.2) is 7.05 Å². The number of rotatable bonds is 4. The Balaban J connectivity index is 2.11. The lowest BCUT2D eigenvalue weighted by Crippen LogP contribution is -2.23. The summed E-state index contributed by atoms with van der Waals surface area (Å²) >= 11 is 5.37. The predicted molar refractivity (Wildman–Crippen MR) is 65.7 cm³/mol. The minimum absolute atomic E-state index is 0.541. The van der Waals surface area contributed by atoms with E-state index in [2.05, 4.69) is 47.4 Å². The van der Waals surface area contributed by atoms with Crippen LogP contribution in [0.1, 0.15) is 30.7 Å². The minimum Gasteiger partial charge on any atom is -0.312 e. The molecule has 0 radical (unpaired) electrons. The number of nitrogens with one attached hydrogen (secondary N) is 1. The lowest BCUT2D eigenvalue weighted by Gasteiger charge is -2.22. The highest BCUT2D eigenvalue weighted by molar-refractivity contribution is 9.11. The quantitative estimate of drug-likeness (QED) is 0.880. The molecule has 1 aliphatic carbocycles. The minimum atomic E-state index is 0.541. The van der Waals surface area contributed by atoms with Gasteiger partial charge in [-0.2, -0.15) is 0 Å². The summed E-state index contributed by atoms with van der Waals surface area (Å²) in [6.45, 7) is 2.37. The number of hydrogen-bond acceptors (Lipinski definition) is 2. The monoisotopic (exact) mass is 273 g/mol. The van der Waals surface area contributed by atoms with Crippen molar-refractivity contribution >= 4 is 27.3 Å². The largest absolute Gasteiger partial charge is 0.312 e. The average Bonchev–Trinajstić information content (AvgIpc) is 2.92. The third-order valence-corrected chi connectivity index (χ3v) is 4.81. The van der Waals surface area contributed by atoms with Crippen LogP contribution in [0.25, 0.3) is 0 Å². The molecule has 2 atom stereocenters. The van der Waals surface area contributed by atoms with Crippen molar-refractivity contribution in [3.63, 3.8) is 0 Å². The zero-order chi connectivity index (χ0) is 10.1. The maximum absolute atomic E-state index is 3.52. The highest BCUT2D eigenvalue weighted by atomic mass is 79.9. The van der Waals surface area contributed by atoms with Crippen molar-refractivity contribution in [1.82, 2.24) is 5.32 Å². The van der Waals surface area contributed by atoms with Crippen molar-refractivity contribution in [3.8, 4) is 0 Å². The molecule has 0 saturated heterocycles. The van der Waals surface area contributed by atoms with E-state index in [-0.39, 0.29) is 0 Å². The maximum atomic E-state index is 3.52. The van der Waals surface area contributed by atoms with Crippen LogP contribution in [0.5, 0.6) is 0 Å². The van der Waals surface area contributed by atoms with Gasteiger partial charge < -0.3 is 5.32 Å². The Labute approximate surface area is 98.0 Å². The molecule has 1 aromatic heterocycles. The van der Waals surface area contributed by atoms with Gasteiger partial charge in [0.05, 0.1) is 3.79 Å². The Morgan fingerprint density at radius 1 is 1.50 bits per heavy atom. The molecular formula is C11H16BrNS. The summed E-state index contributed by atoms with van der Waals surface area (Å²) in [5.74, 6) is 1.72. The first-order valence-corrected chi connectivity index (χ1v) is 6.76. The predicted octanol–water partition coefficient (Wildman–Crippen LogP) is 3.82. The van der Waals surface area contributed by atoms with Gasteiger partial charge in [-0.15, -0.1) is 11.3 Å². The third-order valence-electron chi connectivity index (χ3n) is 3.10. The molecule has 1 aliphatic rings. The van der Waals surface area contributed by atoms with Gasteiger partial charge in [0, 0.05) is 10.9 Å². The summed E-state index contributed by atoms with van der Waals surface area (Å²) in [5, 5.41) is 3.44. The summed E-state index contributed by atoms with van der Waals surface area (Å²) in [6.07, 6.45) is 2.85. The van der Waals surface area contributed by atoms with Crippen molar-refractivity contribution in [2.24, 2.45) is 11.8 Å².